The van der Waals surface area contributed by atoms with Crippen LogP contribution in [-0.4, -0.2) is 4.40 Å². The minimum Gasteiger partial charge on any atom is -0.440 e. The van der Waals surface area contributed by atoms with Crippen molar-refractivity contribution in [3.05, 3.63) is 54.9 Å². The van der Waals surface area contributed by atoms with Crippen molar-refractivity contribution >= 4 is 16.3 Å². The van der Waals surface area contributed by atoms with Gasteiger partial charge in [0.2, 0.25) is 0 Å². The average Bonchev–Trinajstić information content (AvgIpc) is 2.65. The van der Waals surface area contributed by atoms with Crippen LogP contribution < -0.4 is 0 Å². The van der Waals surface area contributed by atoms with Crippen molar-refractivity contribution in [1.29, 1.82) is 0 Å². The first-order chi connectivity index (χ1) is 6.45. The molecule has 0 bridgehead atoms. The molecule has 0 fully saturated rings. The van der Waals surface area contributed by atoms with Crippen LogP contribution in [0.4, 0.5) is 0 Å². The summed E-state index contributed by atoms with van der Waals surface area (Å²) >= 11 is 0. The zero-order chi connectivity index (χ0) is 8.67. The van der Waals surface area contributed by atoms with Crippen LogP contribution in [0.3, 0.4) is 0 Å². The molecule has 2 heterocycles. The quantitative estimate of drug-likeness (QED) is 0.545. The molecular weight excluding hydrogens is 350 g/mol. The average molecular weight is 357 g/mol. The first kappa shape index (κ1) is 9.44. The van der Waals surface area contributed by atoms with Crippen LogP contribution in [0.5, 0.6) is 0 Å². The molecule has 1 radical (unpaired) electrons. The van der Waals surface area contributed by atoms with Crippen molar-refractivity contribution in [2.45, 2.75) is 0 Å². The Labute approximate surface area is 95.7 Å². The fourth-order valence-corrected chi connectivity index (χ4v) is 1.63. The Morgan fingerprint density at radius 2 is 1.93 bits per heavy atom. The standard InChI is InChI=1S/C12H7N.Ir/c1-2-5-11-10(4-1)7-9-13-8-3-6-12(11)13;/h1-4,7-9H;/q-2;. The third-order valence-corrected chi connectivity index (χ3v) is 2.25. The molecule has 2 heteroatoms. The van der Waals surface area contributed by atoms with Gasteiger partial charge < -0.3 is 4.40 Å². The molecule has 2 aromatic heterocycles. The minimum atomic E-state index is 0. The number of benzene rings is 1. The normalized spacial score (nSPS) is 10.3. The molecule has 0 unspecified atom stereocenters. The Kier molecular flexibility index (Phi) is 2.40. The van der Waals surface area contributed by atoms with E-state index < -0.39 is 0 Å². The van der Waals surface area contributed by atoms with Crippen LogP contribution in [0.25, 0.3) is 16.3 Å². The van der Waals surface area contributed by atoms with Gasteiger partial charge in [0.05, 0.1) is 0 Å². The number of nitrogens with zero attached hydrogens (tertiary/aromatic N) is 1. The van der Waals surface area contributed by atoms with Gasteiger partial charge in [0.15, 0.2) is 0 Å². The van der Waals surface area contributed by atoms with Crippen LogP contribution in [0.15, 0.2) is 42.7 Å². The molecule has 3 aromatic rings. The van der Waals surface area contributed by atoms with Gasteiger partial charge in [-0.15, -0.1) is 12.3 Å². The van der Waals surface area contributed by atoms with Crippen molar-refractivity contribution in [2.75, 3.05) is 0 Å². The third kappa shape index (κ3) is 1.28. The Bertz CT molecular complexity index is 568. The molecule has 1 aromatic carbocycles. The van der Waals surface area contributed by atoms with Crippen molar-refractivity contribution in [1.82, 2.24) is 4.40 Å². The first-order valence-electron chi connectivity index (χ1n) is 4.23. The van der Waals surface area contributed by atoms with E-state index in [9.17, 15) is 0 Å². The Morgan fingerprint density at radius 3 is 2.86 bits per heavy atom. The summed E-state index contributed by atoms with van der Waals surface area (Å²) in [5, 5.41) is 2.35. The van der Waals surface area contributed by atoms with Crippen LogP contribution in [-0.2, 0) is 20.1 Å². The molecule has 3 rings (SSSR count). The van der Waals surface area contributed by atoms with Gasteiger partial charge in [0.25, 0.3) is 0 Å². The largest absolute Gasteiger partial charge is 0.440 e. The van der Waals surface area contributed by atoms with E-state index in [1.807, 2.05) is 30.6 Å². The summed E-state index contributed by atoms with van der Waals surface area (Å²) in [6.07, 6.45) is 4.04. The molecule has 0 amide bonds. The first-order valence-corrected chi connectivity index (χ1v) is 4.23. The predicted octanol–water partition coefficient (Wildman–Crippen LogP) is 2.69. The van der Waals surface area contributed by atoms with E-state index >= 15 is 0 Å². The second-order valence-electron chi connectivity index (χ2n) is 3.03. The topological polar surface area (TPSA) is 4.41 Å². The predicted molar refractivity (Wildman–Crippen MR) is 52.6 cm³/mol. The van der Waals surface area contributed by atoms with Crippen LogP contribution in [0, 0.1) is 12.1 Å². The summed E-state index contributed by atoms with van der Waals surface area (Å²) in [6, 6.07) is 16.5. The number of hydrogen-bond donors (Lipinski definition) is 0. The Balaban J connectivity index is 0.000000750. The molecule has 0 N–H and O–H groups in total. The molecule has 0 aliphatic heterocycles. The smallest absolute Gasteiger partial charge is 0 e. The second-order valence-corrected chi connectivity index (χ2v) is 3.03. The molecule has 14 heavy (non-hydrogen) atoms. The molecule has 0 saturated heterocycles. The summed E-state index contributed by atoms with van der Waals surface area (Å²) in [4.78, 5) is 0. The Morgan fingerprint density at radius 1 is 1.00 bits per heavy atom. The van der Waals surface area contributed by atoms with Gasteiger partial charge in [0.1, 0.15) is 0 Å². The van der Waals surface area contributed by atoms with E-state index in [1.54, 1.807) is 0 Å². The number of rotatable bonds is 0. The van der Waals surface area contributed by atoms with Crippen molar-refractivity contribution in [3.8, 4) is 0 Å². The van der Waals surface area contributed by atoms with E-state index in [0.717, 1.165) is 10.9 Å². The van der Waals surface area contributed by atoms with Crippen molar-refractivity contribution < 1.29 is 20.1 Å². The van der Waals surface area contributed by atoms with Crippen LogP contribution in [0.1, 0.15) is 0 Å². The molecule has 0 atom stereocenters. The van der Waals surface area contributed by atoms with Gasteiger partial charge in [0, 0.05) is 20.1 Å². The molecular formula is C12H7IrN-2. The summed E-state index contributed by atoms with van der Waals surface area (Å²) in [5.41, 5.74) is 1.10. The Hall–Kier alpha value is -1.11. The minimum absolute atomic E-state index is 0. The summed E-state index contributed by atoms with van der Waals surface area (Å²) in [6.45, 7) is 0. The van der Waals surface area contributed by atoms with E-state index in [0.29, 0.717) is 0 Å². The zero-order valence-electron chi connectivity index (χ0n) is 7.32. The molecule has 0 aliphatic rings. The SMILES string of the molecule is [Ir].[c-]1cccc2ccn3cc[c-]c3c12. The number of hydrogen-bond acceptors (Lipinski definition) is 0. The van der Waals surface area contributed by atoms with Crippen LogP contribution in [0.2, 0.25) is 0 Å². The summed E-state index contributed by atoms with van der Waals surface area (Å²) < 4.78 is 2.05. The van der Waals surface area contributed by atoms with Gasteiger partial charge in [-0.3, -0.25) is 0 Å². The van der Waals surface area contributed by atoms with E-state index in [2.05, 4.69) is 28.7 Å². The maximum atomic E-state index is 3.23. The molecule has 0 spiro atoms. The molecule has 0 saturated carbocycles. The van der Waals surface area contributed by atoms with Gasteiger partial charge in [-0.2, -0.15) is 29.1 Å². The number of pyridine rings is 1. The summed E-state index contributed by atoms with van der Waals surface area (Å²) in [7, 11) is 0. The van der Waals surface area contributed by atoms with Crippen molar-refractivity contribution in [2.24, 2.45) is 0 Å². The monoisotopic (exact) mass is 358 g/mol. The maximum Gasteiger partial charge on any atom is 0 e. The van der Waals surface area contributed by atoms with Gasteiger partial charge >= 0.3 is 0 Å². The van der Waals surface area contributed by atoms with E-state index in [4.69, 9.17) is 0 Å². The number of aromatic nitrogens is 1. The third-order valence-electron chi connectivity index (χ3n) is 2.25. The van der Waals surface area contributed by atoms with Crippen molar-refractivity contribution in [3.63, 3.8) is 0 Å². The second kappa shape index (κ2) is 3.56. The zero-order valence-corrected chi connectivity index (χ0v) is 9.72. The fraction of sp³-hybridized carbons (Fsp3) is 0. The van der Waals surface area contributed by atoms with E-state index in [1.165, 1.54) is 5.39 Å². The maximum absolute atomic E-state index is 3.23. The molecule has 71 valence electrons. The van der Waals surface area contributed by atoms with Gasteiger partial charge in [-0.25, -0.2) is 17.5 Å². The molecule has 1 nitrogen and oxygen atoms in total. The fourth-order valence-electron chi connectivity index (χ4n) is 1.63. The van der Waals surface area contributed by atoms with Crippen LogP contribution >= 0.6 is 0 Å². The van der Waals surface area contributed by atoms with E-state index in [-0.39, 0.29) is 20.1 Å². The number of fused-ring (bicyclic) bond motifs is 3. The van der Waals surface area contributed by atoms with Gasteiger partial charge in [-0.05, 0) is 6.20 Å². The molecule has 0 aliphatic carbocycles. The van der Waals surface area contributed by atoms with Gasteiger partial charge in [-0.1, -0.05) is 6.07 Å². The summed E-state index contributed by atoms with van der Waals surface area (Å²) in [5.74, 6) is 0.